The number of benzene rings is 2. The van der Waals surface area contributed by atoms with Crippen molar-refractivity contribution in [3.05, 3.63) is 65.0 Å². The molecule has 0 aliphatic heterocycles. The van der Waals surface area contributed by atoms with Crippen molar-refractivity contribution in [1.29, 1.82) is 0 Å². The first kappa shape index (κ1) is 15.3. The lowest BCUT2D eigenvalue weighted by Crippen LogP contribution is -2.03. The highest BCUT2D eigenvalue weighted by atomic mass is 35.5. The third kappa shape index (κ3) is 3.93. The van der Waals surface area contributed by atoms with Crippen LogP contribution < -0.4 is 4.74 Å². The van der Waals surface area contributed by atoms with E-state index in [0.29, 0.717) is 0 Å². The van der Waals surface area contributed by atoms with Gasteiger partial charge in [-0.3, -0.25) is 0 Å². The molecule has 0 amide bonds. The van der Waals surface area contributed by atoms with E-state index in [9.17, 15) is 13.2 Å². The second-order valence-electron chi connectivity index (χ2n) is 4.06. The molecule has 0 heterocycles. The minimum Gasteiger partial charge on any atom is -0.487 e. The molecule has 0 aromatic heterocycles. The molecule has 2 rings (SSSR count). The summed E-state index contributed by atoms with van der Waals surface area (Å²) < 4.78 is 45.5. The lowest BCUT2D eigenvalue weighted by Gasteiger charge is -2.10. The van der Waals surface area contributed by atoms with Crippen LogP contribution in [0.5, 0.6) is 5.75 Å². The summed E-state index contributed by atoms with van der Waals surface area (Å²) in [5, 5.41) is 0. The molecule has 0 spiro atoms. The summed E-state index contributed by atoms with van der Waals surface area (Å²) in [5.41, 5.74) is 0.0745. The third-order valence-corrected chi connectivity index (χ3v) is 2.80. The quantitative estimate of drug-likeness (QED) is 0.607. The van der Waals surface area contributed by atoms with Gasteiger partial charge in [0.25, 0.3) is 0 Å². The molecule has 0 N–H and O–H groups in total. The summed E-state index contributed by atoms with van der Waals surface area (Å²) in [6, 6.07) is 7.25. The first-order valence-corrected chi connectivity index (χ1v) is 6.55. The maximum Gasteiger partial charge on any atom is 0.135 e. The minimum atomic E-state index is -0.703. The van der Waals surface area contributed by atoms with Crippen LogP contribution in [0.4, 0.5) is 13.2 Å². The molecule has 0 fully saturated rings. The first-order valence-electron chi connectivity index (χ1n) is 6.02. The highest BCUT2D eigenvalue weighted by Gasteiger charge is 2.10. The van der Waals surface area contributed by atoms with Crippen LogP contribution in [-0.2, 0) is 6.61 Å². The normalized spacial score (nSPS) is 9.90. The fourth-order valence-electron chi connectivity index (χ4n) is 1.67. The Kier molecular flexibility index (Phi) is 5.13. The van der Waals surface area contributed by atoms with Gasteiger partial charge in [0.1, 0.15) is 29.8 Å². The Bertz CT molecular complexity index is 684. The van der Waals surface area contributed by atoms with E-state index in [-0.39, 0.29) is 29.4 Å². The molecule has 108 valence electrons. The zero-order valence-electron chi connectivity index (χ0n) is 10.8. The second-order valence-corrected chi connectivity index (χ2v) is 4.33. The minimum absolute atomic E-state index is 0.0812. The Balaban J connectivity index is 2.24. The van der Waals surface area contributed by atoms with Gasteiger partial charge in [0.2, 0.25) is 0 Å². The van der Waals surface area contributed by atoms with Crippen molar-refractivity contribution in [2.75, 3.05) is 5.88 Å². The predicted molar refractivity (Wildman–Crippen MR) is 74.7 cm³/mol. The predicted octanol–water partition coefficient (Wildman–Crippen LogP) is 4.27. The van der Waals surface area contributed by atoms with Crippen molar-refractivity contribution in [2.24, 2.45) is 0 Å². The molecule has 5 heteroatoms. The van der Waals surface area contributed by atoms with Crippen LogP contribution in [0.1, 0.15) is 11.1 Å². The summed E-state index contributed by atoms with van der Waals surface area (Å²) in [6.45, 7) is -0.320. The summed E-state index contributed by atoms with van der Waals surface area (Å²) in [4.78, 5) is 0. The highest BCUT2D eigenvalue weighted by Crippen LogP contribution is 2.21. The van der Waals surface area contributed by atoms with Gasteiger partial charge in [0.15, 0.2) is 0 Å². The van der Waals surface area contributed by atoms with Crippen LogP contribution in [0.15, 0.2) is 36.4 Å². The maximum atomic E-state index is 13.5. The smallest absolute Gasteiger partial charge is 0.135 e. The summed E-state index contributed by atoms with van der Waals surface area (Å²) >= 11 is 5.45. The zero-order valence-corrected chi connectivity index (χ0v) is 11.6. The molecule has 2 aromatic rings. The van der Waals surface area contributed by atoms with Crippen molar-refractivity contribution >= 4 is 11.6 Å². The van der Waals surface area contributed by atoms with Gasteiger partial charge in [-0.1, -0.05) is 17.9 Å². The number of halogens is 4. The van der Waals surface area contributed by atoms with Crippen LogP contribution in [0, 0.1) is 29.3 Å². The highest BCUT2D eigenvalue weighted by molar-refractivity contribution is 6.19. The van der Waals surface area contributed by atoms with E-state index in [1.54, 1.807) is 0 Å². The monoisotopic (exact) mass is 310 g/mol. The van der Waals surface area contributed by atoms with E-state index >= 15 is 0 Å². The van der Waals surface area contributed by atoms with Gasteiger partial charge in [-0.05, 0) is 30.3 Å². The largest absolute Gasteiger partial charge is 0.487 e. The van der Waals surface area contributed by atoms with Crippen molar-refractivity contribution in [1.82, 2.24) is 0 Å². The molecule has 21 heavy (non-hydrogen) atoms. The van der Waals surface area contributed by atoms with E-state index in [4.69, 9.17) is 16.3 Å². The van der Waals surface area contributed by atoms with Crippen molar-refractivity contribution < 1.29 is 17.9 Å². The molecule has 0 bridgehead atoms. The van der Waals surface area contributed by atoms with Crippen LogP contribution in [0.2, 0.25) is 0 Å². The van der Waals surface area contributed by atoms with Crippen LogP contribution in [-0.4, -0.2) is 5.88 Å². The molecular weight excluding hydrogens is 301 g/mol. The van der Waals surface area contributed by atoms with Gasteiger partial charge in [0.05, 0.1) is 17.0 Å². The molecule has 2 aromatic carbocycles. The van der Waals surface area contributed by atoms with Crippen LogP contribution >= 0.6 is 11.6 Å². The first-order chi connectivity index (χ1) is 10.1. The standard InChI is InChI=1S/C16H10ClF3O/c17-8-2-3-11-9-12(18)6-7-16(11)21-10-13-14(19)4-1-5-15(13)20/h1,4-7,9H,8,10H2. The Morgan fingerprint density at radius 3 is 2.43 bits per heavy atom. The van der Waals surface area contributed by atoms with Gasteiger partial charge in [-0.2, -0.15) is 0 Å². The lowest BCUT2D eigenvalue weighted by molar-refractivity contribution is 0.291. The van der Waals surface area contributed by atoms with Gasteiger partial charge in [-0.25, -0.2) is 13.2 Å². The van der Waals surface area contributed by atoms with Crippen molar-refractivity contribution in [2.45, 2.75) is 6.61 Å². The molecule has 0 aliphatic rings. The van der Waals surface area contributed by atoms with Gasteiger partial charge in [0, 0.05) is 0 Å². The lowest BCUT2D eigenvalue weighted by atomic mass is 10.2. The van der Waals surface area contributed by atoms with Crippen LogP contribution in [0.3, 0.4) is 0 Å². The number of hydrogen-bond donors (Lipinski definition) is 0. The topological polar surface area (TPSA) is 9.23 Å². The number of alkyl halides is 1. The van der Waals surface area contributed by atoms with Crippen molar-refractivity contribution in [3.63, 3.8) is 0 Å². The molecule has 0 saturated heterocycles. The van der Waals surface area contributed by atoms with Crippen molar-refractivity contribution in [3.8, 4) is 17.6 Å². The fraction of sp³-hybridized carbons (Fsp3) is 0.125. The molecule has 0 saturated carbocycles. The Morgan fingerprint density at radius 2 is 1.76 bits per heavy atom. The van der Waals surface area contributed by atoms with E-state index in [0.717, 1.165) is 12.1 Å². The molecular formula is C16H10ClF3O. The Labute approximate surface area is 125 Å². The second kappa shape index (κ2) is 7.05. The molecule has 1 nitrogen and oxygen atoms in total. The van der Waals surface area contributed by atoms with E-state index < -0.39 is 17.5 Å². The molecule has 0 radical (unpaired) electrons. The van der Waals surface area contributed by atoms with Gasteiger partial charge >= 0.3 is 0 Å². The molecule has 0 unspecified atom stereocenters. The average molecular weight is 311 g/mol. The summed E-state index contributed by atoms with van der Waals surface area (Å²) in [5.74, 6) is 3.63. The Morgan fingerprint density at radius 1 is 1.05 bits per heavy atom. The van der Waals surface area contributed by atoms with E-state index in [1.807, 2.05) is 0 Å². The maximum absolute atomic E-state index is 13.5. The number of hydrogen-bond acceptors (Lipinski definition) is 1. The zero-order chi connectivity index (χ0) is 15.2. The summed E-state index contributed by atoms with van der Waals surface area (Å²) in [7, 11) is 0. The van der Waals surface area contributed by atoms with Crippen LogP contribution in [0.25, 0.3) is 0 Å². The molecule has 0 aliphatic carbocycles. The van der Waals surface area contributed by atoms with Gasteiger partial charge < -0.3 is 4.74 Å². The van der Waals surface area contributed by atoms with E-state index in [2.05, 4.69) is 11.8 Å². The summed E-state index contributed by atoms with van der Waals surface area (Å²) in [6.07, 6.45) is 0. The third-order valence-electron chi connectivity index (χ3n) is 2.67. The SMILES string of the molecule is Fc1ccc(OCc2c(F)cccc2F)c(C#CCCl)c1. The van der Waals surface area contributed by atoms with Gasteiger partial charge in [-0.15, -0.1) is 11.6 Å². The van der Waals surface area contributed by atoms with E-state index in [1.165, 1.54) is 24.3 Å². The average Bonchev–Trinajstić information content (AvgIpc) is 2.46. The Hall–Kier alpha value is -2.12. The fourth-order valence-corrected chi connectivity index (χ4v) is 1.74. The molecule has 0 atom stereocenters. The number of ether oxygens (including phenoxy) is 1. The number of rotatable bonds is 3.